The number of sulfone groups is 1. The average Bonchev–Trinajstić information content (AvgIpc) is 3.04. The fourth-order valence-corrected chi connectivity index (χ4v) is 5.03. The summed E-state index contributed by atoms with van der Waals surface area (Å²) in [5, 5.41) is 0. The van der Waals surface area contributed by atoms with Gasteiger partial charge in [-0.2, -0.15) is 0 Å². The number of amides is 1. The van der Waals surface area contributed by atoms with Crippen LogP contribution < -0.4 is 4.74 Å². The van der Waals surface area contributed by atoms with Gasteiger partial charge in [-0.1, -0.05) is 48.5 Å². The zero-order valence-corrected chi connectivity index (χ0v) is 16.1. The van der Waals surface area contributed by atoms with E-state index in [9.17, 15) is 13.2 Å². The first kappa shape index (κ1) is 19.4. The number of hydrogen-bond donors (Lipinski definition) is 0. The highest BCUT2D eigenvalue weighted by Crippen LogP contribution is 2.21. The molecule has 6 heteroatoms. The van der Waals surface area contributed by atoms with Crippen LogP contribution in [0.1, 0.15) is 24.8 Å². The highest BCUT2D eigenvalue weighted by atomic mass is 32.2. The molecule has 27 heavy (non-hydrogen) atoms. The molecule has 144 valence electrons. The van der Waals surface area contributed by atoms with Crippen molar-refractivity contribution < 1.29 is 17.9 Å². The van der Waals surface area contributed by atoms with Crippen LogP contribution in [-0.4, -0.2) is 43.4 Å². The zero-order chi connectivity index (χ0) is 19.1. The predicted molar refractivity (Wildman–Crippen MR) is 105 cm³/mol. The van der Waals surface area contributed by atoms with E-state index in [1.807, 2.05) is 60.7 Å². The first-order valence-corrected chi connectivity index (χ1v) is 11.1. The largest absolute Gasteiger partial charge is 0.494 e. The molecule has 2 aromatic rings. The Morgan fingerprint density at radius 1 is 1.04 bits per heavy atom. The summed E-state index contributed by atoms with van der Waals surface area (Å²) in [6.45, 7) is 0.900. The summed E-state index contributed by atoms with van der Waals surface area (Å²) < 4.78 is 29.4. The number of carbonyl (C=O) groups excluding carboxylic acids is 1. The van der Waals surface area contributed by atoms with Gasteiger partial charge in [-0.3, -0.25) is 4.79 Å². The van der Waals surface area contributed by atoms with Crippen molar-refractivity contribution in [2.45, 2.75) is 31.8 Å². The van der Waals surface area contributed by atoms with Crippen LogP contribution in [0.3, 0.4) is 0 Å². The average molecular weight is 388 g/mol. The van der Waals surface area contributed by atoms with E-state index < -0.39 is 9.84 Å². The van der Waals surface area contributed by atoms with Crippen LogP contribution in [0.5, 0.6) is 5.75 Å². The van der Waals surface area contributed by atoms with Gasteiger partial charge >= 0.3 is 0 Å². The van der Waals surface area contributed by atoms with E-state index in [2.05, 4.69) is 0 Å². The Balaban J connectivity index is 1.58. The summed E-state index contributed by atoms with van der Waals surface area (Å²) in [5.74, 6) is 0.991. The van der Waals surface area contributed by atoms with Gasteiger partial charge in [0.05, 0.1) is 18.1 Å². The van der Waals surface area contributed by atoms with E-state index in [-0.39, 0.29) is 23.5 Å². The minimum absolute atomic E-state index is 0.0161. The second-order valence-electron chi connectivity index (χ2n) is 6.83. The Morgan fingerprint density at radius 2 is 1.70 bits per heavy atom. The number of benzene rings is 2. The summed E-state index contributed by atoms with van der Waals surface area (Å²) >= 11 is 0. The van der Waals surface area contributed by atoms with E-state index in [0.717, 1.165) is 11.3 Å². The van der Waals surface area contributed by atoms with Crippen molar-refractivity contribution in [3.8, 4) is 5.75 Å². The number of nitrogens with zero attached hydrogens (tertiary/aromatic N) is 1. The second-order valence-corrected chi connectivity index (χ2v) is 9.06. The lowest BCUT2D eigenvalue weighted by molar-refractivity contribution is -0.134. The molecular weight excluding hydrogens is 362 g/mol. The molecule has 0 saturated carbocycles. The highest BCUT2D eigenvalue weighted by molar-refractivity contribution is 7.91. The minimum Gasteiger partial charge on any atom is -0.494 e. The lowest BCUT2D eigenvalue weighted by atomic mass is 10.1. The fraction of sp³-hybridized carbons (Fsp3) is 0.381. The van der Waals surface area contributed by atoms with Crippen LogP contribution in [0.2, 0.25) is 0 Å². The molecule has 0 N–H and O–H groups in total. The zero-order valence-electron chi connectivity index (χ0n) is 15.3. The summed E-state index contributed by atoms with van der Waals surface area (Å²) in [7, 11) is -3.05. The molecule has 1 saturated heterocycles. The Kier molecular flexibility index (Phi) is 6.50. The van der Waals surface area contributed by atoms with Crippen LogP contribution in [0.25, 0.3) is 0 Å². The molecule has 3 rings (SSSR count). The molecule has 0 bridgehead atoms. The number of hydrogen-bond acceptors (Lipinski definition) is 4. The standard InChI is InChI=1S/C21H25NO4S/c23-21(12-7-14-26-20-10-5-2-6-11-20)22(16-18-8-3-1-4-9-18)19-13-15-27(24,25)17-19/h1-6,8-11,19H,7,12-17H2/t19-/m0/s1. The van der Waals surface area contributed by atoms with Gasteiger partial charge < -0.3 is 9.64 Å². The normalized spacial score (nSPS) is 18.1. The Morgan fingerprint density at radius 3 is 2.33 bits per heavy atom. The molecule has 0 spiro atoms. The Labute approximate surface area is 160 Å². The molecule has 1 heterocycles. The van der Waals surface area contributed by atoms with Crippen LogP contribution in [0.15, 0.2) is 60.7 Å². The Bertz CT molecular complexity index is 837. The highest BCUT2D eigenvalue weighted by Gasteiger charge is 2.34. The molecule has 1 fully saturated rings. The first-order valence-electron chi connectivity index (χ1n) is 9.25. The fourth-order valence-electron chi connectivity index (χ4n) is 3.30. The molecule has 1 aliphatic heterocycles. The van der Waals surface area contributed by atoms with Crippen molar-refractivity contribution >= 4 is 15.7 Å². The van der Waals surface area contributed by atoms with Gasteiger partial charge in [-0.05, 0) is 30.5 Å². The lowest BCUT2D eigenvalue weighted by Gasteiger charge is -2.28. The summed E-state index contributed by atoms with van der Waals surface area (Å²) in [5.41, 5.74) is 1.01. The smallest absolute Gasteiger partial charge is 0.223 e. The molecular formula is C21H25NO4S. The molecule has 2 aromatic carbocycles. The maximum Gasteiger partial charge on any atom is 0.223 e. The molecule has 1 aliphatic rings. The number of rotatable bonds is 8. The van der Waals surface area contributed by atoms with E-state index in [4.69, 9.17) is 4.74 Å². The lowest BCUT2D eigenvalue weighted by Crippen LogP contribution is -2.40. The van der Waals surface area contributed by atoms with Crippen molar-refractivity contribution in [3.63, 3.8) is 0 Å². The van der Waals surface area contributed by atoms with Gasteiger partial charge in [0, 0.05) is 19.0 Å². The monoisotopic (exact) mass is 387 g/mol. The summed E-state index contributed by atoms with van der Waals surface area (Å²) in [4.78, 5) is 14.6. The summed E-state index contributed by atoms with van der Waals surface area (Å²) in [6, 6.07) is 19.0. The third-order valence-corrected chi connectivity index (χ3v) is 6.46. The predicted octanol–water partition coefficient (Wildman–Crippen LogP) is 3.06. The van der Waals surface area contributed by atoms with Crippen molar-refractivity contribution in [2.75, 3.05) is 18.1 Å². The minimum atomic E-state index is -3.05. The van der Waals surface area contributed by atoms with Gasteiger partial charge in [0.15, 0.2) is 9.84 Å². The van der Waals surface area contributed by atoms with E-state index in [1.165, 1.54) is 0 Å². The van der Waals surface area contributed by atoms with E-state index in [0.29, 0.717) is 32.4 Å². The van der Waals surface area contributed by atoms with Crippen LogP contribution in [0.4, 0.5) is 0 Å². The maximum absolute atomic E-state index is 12.8. The quantitative estimate of drug-likeness (QED) is 0.653. The van der Waals surface area contributed by atoms with Crippen LogP contribution >= 0.6 is 0 Å². The van der Waals surface area contributed by atoms with Gasteiger partial charge in [0.25, 0.3) is 0 Å². The van der Waals surface area contributed by atoms with Crippen molar-refractivity contribution in [3.05, 3.63) is 66.2 Å². The molecule has 0 unspecified atom stereocenters. The van der Waals surface area contributed by atoms with E-state index >= 15 is 0 Å². The third-order valence-electron chi connectivity index (χ3n) is 4.71. The molecule has 0 aromatic heterocycles. The maximum atomic E-state index is 12.8. The third kappa shape index (κ3) is 5.82. The van der Waals surface area contributed by atoms with Crippen LogP contribution in [0, 0.1) is 0 Å². The number of ether oxygens (including phenoxy) is 1. The molecule has 5 nitrogen and oxygen atoms in total. The molecule has 0 aliphatic carbocycles. The molecule has 0 radical (unpaired) electrons. The Hall–Kier alpha value is -2.34. The SMILES string of the molecule is O=C(CCCOc1ccccc1)N(Cc1ccccc1)[C@H]1CCS(=O)(=O)C1. The number of carbonyl (C=O) groups is 1. The molecule has 1 atom stereocenters. The molecule has 1 amide bonds. The van der Waals surface area contributed by atoms with E-state index in [1.54, 1.807) is 4.90 Å². The second kappa shape index (κ2) is 9.04. The van der Waals surface area contributed by atoms with Gasteiger partial charge in [0.1, 0.15) is 5.75 Å². The van der Waals surface area contributed by atoms with Gasteiger partial charge in [0.2, 0.25) is 5.91 Å². The first-order chi connectivity index (χ1) is 13.0. The van der Waals surface area contributed by atoms with Crippen LogP contribution in [-0.2, 0) is 21.2 Å². The summed E-state index contributed by atoms with van der Waals surface area (Å²) in [6.07, 6.45) is 1.45. The van der Waals surface area contributed by atoms with Crippen molar-refractivity contribution in [1.82, 2.24) is 4.90 Å². The van der Waals surface area contributed by atoms with Gasteiger partial charge in [-0.15, -0.1) is 0 Å². The number of para-hydroxylation sites is 1. The topological polar surface area (TPSA) is 63.7 Å². The van der Waals surface area contributed by atoms with Crippen molar-refractivity contribution in [2.24, 2.45) is 0 Å². The van der Waals surface area contributed by atoms with Gasteiger partial charge in [-0.25, -0.2) is 8.42 Å². The van der Waals surface area contributed by atoms with Crippen molar-refractivity contribution in [1.29, 1.82) is 0 Å².